The average Bonchev–Trinajstić information content (AvgIpc) is 1.85. The standard InChI is InChI=1S/C9H18O2/c1-7(2)6-9-10-5-4-8(3)11-9/h7-9H,4-6H2,1-3H3. The summed E-state index contributed by atoms with van der Waals surface area (Å²) >= 11 is 0. The largest absolute Gasteiger partial charge is 0.353 e. The second kappa shape index (κ2) is 4.07. The fraction of sp³-hybridized carbons (Fsp3) is 1.00. The smallest absolute Gasteiger partial charge is 0.158 e. The van der Waals surface area contributed by atoms with E-state index in [1.54, 1.807) is 0 Å². The number of hydrogen-bond acceptors (Lipinski definition) is 2. The molecule has 1 rings (SSSR count). The lowest BCUT2D eigenvalue weighted by molar-refractivity contribution is -0.213. The van der Waals surface area contributed by atoms with E-state index in [1.807, 2.05) is 0 Å². The summed E-state index contributed by atoms with van der Waals surface area (Å²) in [6, 6.07) is 0. The van der Waals surface area contributed by atoms with Gasteiger partial charge in [0.05, 0.1) is 12.7 Å². The number of ether oxygens (including phenoxy) is 2. The highest BCUT2D eigenvalue weighted by Crippen LogP contribution is 2.17. The third-order valence-electron chi connectivity index (χ3n) is 1.88. The monoisotopic (exact) mass is 158 g/mol. The average molecular weight is 158 g/mol. The van der Waals surface area contributed by atoms with Gasteiger partial charge in [-0.05, 0) is 19.3 Å². The lowest BCUT2D eigenvalue weighted by Crippen LogP contribution is -2.31. The molecule has 66 valence electrons. The van der Waals surface area contributed by atoms with Crippen LogP contribution in [0.15, 0.2) is 0 Å². The summed E-state index contributed by atoms with van der Waals surface area (Å²) in [4.78, 5) is 0. The van der Waals surface area contributed by atoms with Gasteiger partial charge in [0.15, 0.2) is 6.29 Å². The van der Waals surface area contributed by atoms with Crippen LogP contribution in [0.4, 0.5) is 0 Å². The zero-order valence-corrected chi connectivity index (χ0v) is 7.67. The van der Waals surface area contributed by atoms with Crippen LogP contribution in [0.25, 0.3) is 0 Å². The molecule has 0 saturated carbocycles. The van der Waals surface area contributed by atoms with Crippen LogP contribution in [0.3, 0.4) is 0 Å². The van der Waals surface area contributed by atoms with Crippen LogP contribution in [0, 0.1) is 5.92 Å². The van der Waals surface area contributed by atoms with Gasteiger partial charge in [0.25, 0.3) is 0 Å². The number of rotatable bonds is 2. The minimum absolute atomic E-state index is 0.0544. The highest BCUT2D eigenvalue weighted by molar-refractivity contribution is 4.60. The van der Waals surface area contributed by atoms with E-state index in [1.165, 1.54) is 0 Å². The maximum atomic E-state index is 5.57. The van der Waals surface area contributed by atoms with Gasteiger partial charge < -0.3 is 9.47 Å². The molecule has 0 spiro atoms. The topological polar surface area (TPSA) is 18.5 Å². The van der Waals surface area contributed by atoms with Crippen LogP contribution in [0.1, 0.15) is 33.6 Å². The molecule has 0 aliphatic carbocycles. The van der Waals surface area contributed by atoms with Crippen molar-refractivity contribution in [2.45, 2.75) is 46.0 Å². The van der Waals surface area contributed by atoms with E-state index >= 15 is 0 Å². The summed E-state index contributed by atoms with van der Waals surface area (Å²) in [5.74, 6) is 0.658. The molecule has 2 unspecified atom stereocenters. The summed E-state index contributed by atoms with van der Waals surface area (Å²) in [6.07, 6.45) is 2.49. The fourth-order valence-electron chi connectivity index (χ4n) is 1.24. The van der Waals surface area contributed by atoms with Crippen molar-refractivity contribution in [2.24, 2.45) is 5.92 Å². The van der Waals surface area contributed by atoms with Crippen molar-refractivity contribution in [3.63, 3.8) is 0 Å². The van der Waals surface area contributed by atoms with Gasteiger partial charge in [-0.1, -0.05) is 13.8 Å². The van der Waals surface area contributed by atoms with Crippen molar-refractivity contribution in [2.75, 3.05) is 6.61 Å². The third-order valence-corrected chi connectivity index (χ3v) is 1.88. The summed E-state index contributed by atoms with van der Waals surface area (Å²) in [5.41, 5.74) is 0. The molecule has 1 aliphatic rings. The van der Waals surface area contributed by atoms with Crippen LogP contribution in [0.2, 0.25) is 0 Å². The third kappa shape index (κ3) is 3.21. The molecule has 0 aromatic heterocycles. The molecule has 0 aromatic carbocycles. The summed E-state index contributed by atoms with van der Waals surface area (Å²) in [5, 5.41) is 0. The molecule has 0 bridgehead atoms. The van der Waals surface area contributed by atoms with Gasteiger partial charge in [-0.25, -0.2) is 0 Å². The van der Waals surface area contributed by atoms with E-state index in [-0.39, 0.29) is 6.29 Å². The van der Waals surface area contributed by atoms with Gasteiger partial charge in [-0.2, -0.15) is 0 Å². The molecule has 11 heavy (non-hydrogen) atoms. The maximum Gasteiger partial charge on any atom is 0.158 e. The van der Waals surface area contributed by atoms with Gasteiger partial charge >= 0.3 is 0 Å². The van der Waals surface area contributed by atoms with Crippen molar-refractivity contribution in [1.29, 1.82) is 0 Å². The molecule has 0 aromatic rings. The fourth-order valence-corrected chi connectivity index (χ4v) is 1.24. The van der Waals surface area contributed by atoms with Gasteiger partial charge in [-0.15, -0.1) is 0 Å². The molecule has 0 N–H and O–H groups in total. The molecule has 2 atom stereocenters. The van der Waals surface area contributed by atoms with Crippen molar-refractivity contribution < 1.29 is 9.47 Å². The first-order valence-electron chi connectivity index (χ1n) is 4.45. The summed E-state index contributed by atoms with van der Waals surface area (Å²) < 4.78 is 11.0. The first kappa shape index (κ1) is 9.01. The zero-order chi connectivity index (χ0) is 8.27. The molecular formula is C9H18O2. The van der Waals surface area contributed by atoms with Gasteiger partial charge in [0.2, 0.25) is 0 Å². The Hall–Kier alpha value is -0.0800. The van der Waals surface area contributed by atoms with Gasteiger partial charge in [0, 0.05) is 6.42 Å². The van der Waals surface area contributed by atoms with E-state index < -0.39 is 0 Å². The van der Waals surface area contributed by atoms with E-state index in [0.717, 1.165) is 19.4 Å². The van der Waals surface area contributed by atoms with Crippen molar-refractivity contribution >= 4 is 0 Å². The second-order valence-corrected chi connectivity index (χ2v) is 3.67. The Kier molecular flexibility index (Phi) is 3.34. The van der Waals surface area contributed by atoms with Crippen LogP contribution in [0.5, 0.6) is 0 Å². The Balaban J connectivity index is 2.23. The summed E-state index contributed by atoms with van der Waals surface area (Å²) in [6.45, 7) is 7.34. The molecule has 1 heterocycles. The van der Waals surface area contributed by atoms with E-state index in [9.17, 15) is 0 Å². The van der Waals surface area contributed by atoms with Crippen molar-refractivity contribution in [3.8, 4) is 0 Å². The number of hydrogen-bond donors (Lipinski definition) is 0. The lowest BCUT2D eigenvalue weighted by atomic mass is 10.1. The normalized spacial score (nSPS) is 32.7. The van der Waals surface area contributed by atoms with E-state index in [2.05, 4.69) is 20.8 Å². The summed E-state index contributed by atoms with van der Waals surface area (Å²) in [7, 11) is 0. The van der Waals surface area contributed by atoms with Crippen LogP contribution < -0.4 is 0 Å². The first-order chi connectivity index (χ1) is 5.18. The molecule has 0 radical (unpaired) electrons. The SMILES string of the molecule is CC(C)CC1OCCC(C)O1. The quantitative estimate of drug-likeness (QED) is 0.613. The Morgan fingerprint density at radius 1 is 1.45 bits per heavy atom. The highest BCUT2D eigenvalue weighted by atomic mass is 16.7. The Morgan fingerprint density at radius 2 is 2.18 bits per heavy atom. The predicted octanol–water partition coefficient (Wildman–Crippen LogP) is 2.18. The maximum absolute atomic E-state index is 5.57. The molecule has 1 aliphatic heterocycles. The molecule has 2 heteroatoms. The molecule has 1 fully saturated rings. The van der Waals surface area contributed by atoms with E-state index in [0.29, 0.717) is 12.0 Å². The molecule has 1 saturated heterocycles. The second-order valence-electron chi connectivity index (χ2n) is 3.67. The highest BCUT2D eigenvalue weighted by Gasteiger charge is 2.19. The molecule has 2 nitrogen and oxygen atoms in total. The van der Waals surface area contributed by atoms with Crippen LogP contribution in [-0.4, -0.2) is 19.0 Å². The minimum atomic E-state index is 0.0544. The Bertz CT molecular complexity index is 110. The molecule has 0 amide bonds. The zero-order valence-electron chi connectivity index (χ0n) is 7.67. The van der Waals surface area contributed by atoms with Gasteiger partial charge in [0.1, 0.15) is 0 Å². The first-order valence-corrected chi connectivity index (χ1v) is 4.45. The van der Waals surface area contributed by atoms with Crippen LogP contribution >= 0.6 is 0 Å². The Labute approximate surface area is 68.9 Å². The molecular weight excluding hydrogens is 140 g/mol. The van der Waals surface area contributed by atoms with Crippen molar-refractivity contribution in [1.82, 2.24) is 0 Å². The van der Waals surface area contributed by atoms with Crippen LogP contribution in [-0.2, 0) is 9.47 Å². The van der Waals surface area contributed by atoms with Gasteiger partial charge in [-0.3, -0.25) is 0 Å². The predicted molar refractivity (Wildman–Crippen MR) is 44.4 cm³/mol. The van der Waals surface area contributed by atoms with E-state index in [4.69, 9.17) is 9.47 Å². The lowest BCUT2D eigenvalue weighted by Gasteiger charge is -2.29. The van der Waals surface area contributed by atoms with Crippen molar-refractivity contribution in [3.05, 3.63) is 0 Å². The minimum Gasteiger partial charge on any atom is -0.353 e. The Morgan fingerprint density at radius 3 is 2.73 bits per heavy atom.